The van der Waals surface area contributed by atoms with Crippen LogP contribution in [0.4, 0.5) is 0 Å². The van der Waals surface area contributed by atoms with Crippen LogP contribution in [0.15, 0.2) is 55.0 Å². The van der Waals surface area contributed by atoms with E-state index >= 15 is 0 Å². The number of hydrogen-bond acceptors (Lipinski definition) is 1. The number of allylic oxidation sites excluding steroid dienone is 2. The van der Waals surface area contributed by atoms with Crippen molar-refractivity contribution in [1.29, 1.82) is 0 Å². The Morgan fingerprint density at radius 2 is 2.05 bits per heavy atom. The number of nitrogens with zero attached hydrogens (tertiary/aromatic N) is 2. The van der Waals surface area contributed by atoms with Gasteiger partial charge in [0.25, 0.3) is 0 Å². The number of aromatic nitrogens is 2. The summed E-state index contributed by atoms with van der Waals surface area (Å²) in [6.07, 6.45) is 11.2. The lowest BCUT2D eigenvalue weighted by atomic mass is 9.63. The van der Waals surface area contributed by atoms with Crippen LogP contribution in [-0.4, -0.2) is 4.57 Å². The second-order valence-electron chi connectivity index (χ2n) is 6.08. The summed E-state index contributed by atoms with van der Waals surface area (Å²) in [5.41, 5.74) is 4.03. The fourth-order valence-corrected chi connectivity index (χ4v) is 4.56. The van der Waals surface area contributed by atoms with Gasteiger partial charge in [-0.05, 0) is 29.4 Å². The van der Waals surface area contributed by atoms with E-state index in [-0.39, 0.29) is 0 Å². The maximum atomic E-state index is 11.7. The predicted octanol–water partition coefficient (Wildman–Crippen LogP) is 2.64. The van der Waals surface area contributed by atoms with Gasteiger partial charge in [-0.15, -0.1) is 0 Å². The molecule has 3 nitrogen and oxygen atoms in total. The molecule has 6 rings (SSSR count). The molecule has 20 heavy (non-hydrogen) atoms. The minimum absolute atomic E-state index is 0.335. The lowest BCUT2D eigenvalue weighted by Crippen LogP contribution is -2.43. The van der Waals surface area contributed by atoms with Gasteiger partial charge in [-0.2, -0.15) is 0 Å². The van der Waals surface area contributed by atoms with Gasteiger partial charge in [0.2, 0.25) is 12.4 Å². The van der Waals surface area contributed by atoms with Crippen molar-refractivity contribution in [1.82, 2.24) is 4.57 Å². The Morgan fingerprint density at radius 1 is 1.20 bits per heavy atom. The summed E-state index contributed by atoms with van der Waals surface area (Å²) in [6.45, 7) is 0. The van der Waals surface area contributed by atoms with Gasteiger partial charge < -0.3 is 4.57 Å². The quantitative estimate of drug-likeness (QED) is 0.530. The Balaban J connectivity index is 1.87. The molecule has 2 bridgehead atoms. The first-order chi connectivity index (χ1) is 9.84. The third-order valence-electron chi connectivity index (χ3n) is 5.25. The van der Waals surface area contributed by atoms with Gasteiger partial charge in [0, 0.05) is 10.8 Å². The van der Waals surface area contributed by atoms with Crippen LogP contribution < -0.4 is 4.43 Å². The molecule has 0 saturated carbocycles. The van der Waals surface area contributed by atoms with Gasteiger partial charge in [-0.3, -0.25) is 0 Å². The van der Waals surface area contributed by atoms with Crippen LogP contribution in [-0.2, 0) is 0 Å². The van der Waals surface area contributed by atoms with Crippen molar-refractivity contribution >= 4 is 0 Å². The zero-order chi connectivity index (χ0) is 13.3. The van der Waals surface area contributed by atoms with Crippen LogP contribution in [0, 0.1) is 16.7 Å². The van der Waals surface area contributed by atoms with Gasteiger partial charge in [0.15, 0.2) is 0 Å². The zero-order valence-corrected chi connectivity index (χ0v) is 11.0. The van der Waals surface area contributed by atoms with E-state index < -0.39 is 0 Å². The first-order valence-electron chi connectivity index (χ1n) is 7.24. The molecule has 0 saturated heterocycles. The Bertz CT molecular complexity index is 805. The maximum Gasteiger partial charge on any atom is 0.247 e. The SMILES string of the molecule is O=[n+]1ccn2c(c1)C1c3ccccc3C2C2CC=CC12. The molecule has 2 aliphatic carbocycles. The molecule has 4 unspecified atom stereocenters. The van der Waals surface area contributed by atoms with Gasteiger partial charge >= 0.3 is 0 Å². The lowest BCUT2D eigenvalue weighted by molar-refractivity contribution is -0.496. The molecule has 4 atom stereocenters. The van der Waals surface area contributed by atoms with E-state index in [1.807, 2.05) is 6.20 Å². The molecule has 2 aliphatic heterocycles. The molecular formula is C17H15N2O+. The van der Waals surface area contributed by atoms with E-state index in [2.05, 4.69) is 41.0 Å². The first kappa shape index (κ1) is 10.6. The summed E-state index contributed by atoms with van der Waals surface area (Å²) in [5, 5.41) is 0. The summed E-state index contributed by atoms with van der Waals surface area (Å²) in [7, 11) is 0. The van der Waals surface area contributed by atoms with Gasteiger partial charge in [-0.25, -0.2) is 0 Å². The zero-order valence-electron chi connectivity index (χ0n) is 11.0. The molecule has 0 spiro atoms. The third-order valence-corrected chi connectivity index (χ3v) is 5.25. The molecule has 3 heteroatoms. The van der Waals surface area contributed by atoms with Crippen molar-refractivity contribution in [3.05, 3.63) is 76.7 Å². The molecule has 4 aliphatic rings. The van der Waals surface area contributed by atoms with Crippen LogP contribution in [0.25, 0.3) is 0 Å². The lowest BCUT2D eigenvalue weighted by Gasteiger charge is -2.48. The molecule has 98 valence electrons. The van der Waals surface area contributed by atoms with Crippen LogP contribution in [0.2, 0.25) is 0 Å². The van der Waals surface area contributed by atoms with Gasteiger partial charge in [-0.1, -0.05) is 36.4 Å². The Morgan fingerprint density at radius 3 is 2.95 bits per heavy atom. The minimum atomic E-state index is 0.335. The second-order valence-corrected chi connectivity index (χ2v) is 6.08. The topological polar surface area (TPSA) is 27.9 Å². The molecule has 1 aromatic heterocycles. The summed E-state index contributed by atoms with van der Waals surface area (Å²) >= 11 is 0. The Hall–Kier alpha value is -2.16. The van der Waals surface area contributed by atoms with E-state index in [1.165, 1.54) is 16.8 Å². The van der Waals surface area contributed by atoms with Crippen molar-refractivity contribution in [3.63, 3.8) is 0 Å². The van der Waals surface area contributed by atoms with Gasteiger partial charge in [0.05, 0.1) is 22.4 Å². The summed E-state index contributed by atoms with van der Waals surface area (Å²) in [6, 6.07) is 9.13. The monoisotopic (exact) mass is 263 g/mol. The third kappa shape index (κ3) is 1.12. The molecule has 0 N–H and O–H groups in total. The fourth-order valence-electron chi connectivity index (χ4n) is 4.56. The van der Waals surface area contributed by atoms with Crippen LogP contribution in [0.3, 0.4) is 0 Å². The van der Waals surface area contributed by atoms with Crippen molar-refractivity contribution in [2.45, 2.75) is 18.4 Å². The molecule has 1 aromatic carbocycles. The van der Waals surface area contributed by atoms with E-state index in [0.717, 1.165) is 10.8 Å². The molecule has 0 radical (unpaired) electrons. The van der Waals surface area contributed by atoms with E-state index in [1.54, 1.807) is 12.4 Å². The number of benzene rings is 1. The summed E-state index contributed by atoms with van der Waals surface area (Å²) in [5.74, 6) is 1.54. The smallest absolute Gasteiger partial charge is 0.247 e. The van der Waals surface area contributed by atoms with Crippen molar-refractivity contribution < 1.29 is 4.43 Å². The van der Waals surface area contributed by atoms with E-state index in [9.17, 15) is 4.91 Å². The van der Waals surface area contributed by atoms with Crippen molar-refractivity contribution in [2.75, 3.05) is 0 Å². The standard InChI is InChI=1S/C17H15N2O/c20-18-8-9-19-15(10-18)16-11-4-1-2-5-13(11)17(19)14-7-3-6-12(14)16/h1-6,8-10,12,14,16-17H,7H2/q+1. The Labute approximate surface area is 116 Å². The van der Waals surface area contributed by atoms with E-state index in [0.29, 0.717) is 23.8 Å². The van der Waals surface area contributed by atoms with Crippen molar-refractivity contribution in [2.24, 2.45) is 11.8 Å². The Kier molecular flexibility index (Phi) is 1.85. The normalized spacial score (nSPS) is 31.8. The summed E-state index contributed by atoms with van der Waals surface area (Å²) in [4.78, 5) is 11.7. The predicted molar refractivity (Wildman–Crippen MR) is 75.0 cm³/mol. The minimum Gasteiger partial charge on any atom is -0.332 e. The second kappa shape index (κ2) is 3.48. The average Bonchev–Trinajstić information content (AvgIpc) is 2.96. The number of rotatable bonds is 0. The van der Waals surface area contributed by atoms with E-state index in [4.69, 9.17) is 0 Å². The van der Waals surface area contributed by atoms with Crippen LogP contribution in [0.5, 0.6) is 0 Å². The highest BCUT2D eigenvalue weighted by atomic mass is 16.3. The molecule has 3 heterocycles. The molecule has 0 fully saturated rings. The first-order valence-corrected chi connectivity index (χ1v) is 7.24. The molecular weight excluding hydrogens is 248 g/mol. The molecule has 0 amide bonds. The van der Waals surface area contributed by atoms with Gasteiger partial charge in [0.1, 0.15) is 0 Å². The maximum absolute atomic E-state index is 11.7. The number of hydrogen-bond donors (Lipinski definition) is 0. The molecule has 2 aromatic rings. The summed E-state index contributed by atoms with van der Waals surface area (Å²) < 4.78 is 3.26. The largest absolute Gasteiger partial charge is 0.332 e. The van der Waals surface area contributed by atoms with Crippen LogP contribution >= 0.6 is 0 Å². The highest BCUT2D eigenvalue weighted by Gasteiger charge is 2.50. The fraction of sp³-hybridized carbons (Fsp3) is 0.294. The average molecular weight is 263 g/mol. The van der Waals surface area contributed by atoms with Crippen molar-refractivity contribution in [3.8, 4) is 0 Å². The highest BCUT2D eigenvalue weighted by molar-refractivity contribution is 5.47. The highest BCUT2D eigenvalue weighted by Crippen LogP contribution is 2.57. The van der Waals surface area contributed by atoms with Crippen LogP contribution in [0.1, 0.15) is 35.2 Å².